The van der Waals surface area contributed by atoms with Crippen LogP contribution in [0.2, 0.25) is 0 Å². The summed E-state index contributed by atoms with van der Waals surface area (Å²) < 4.78 is 1.71. The van der Waals surface area contributed by atoms with Crippen molar-refractivity contribution in [1.29, 1.82) is 0 Å². The number of likely N-dealkylation sites (tertiary alicyclic amines) is 2. The second-order valence-corrected chi connectivity index (χ2v) is 11.5. The zero-order chi connectivity index (χ0) is 28.9. The summed E-state index contributed by atoms with van der Waals surface area (Å²) in [6.07, 6.45) is 7.71. The lowest BCUT2D eigenvalue weighted by Gasteiger charge is -2.31. The number of benzene rings is 1. The van der Waals surface area contributed by atoms with Gasteiger partial charge in [0.15, 0.2) is 0 Å². The van der Waals surface area contributed by atoms with Crippen LogP contribution in [0.3, 0.4) is 0 Å². The fourth-order valence-electron chi connectivity index (χ4n) is 6.10. The topological polar surface area (TPSA) is 117 Å². The van der Waals surface area contributed by atoms with E-state index < -0.39 is 12.1 Å². The Morgan fingerprint density at radius 3 is 2.56 bits per heavy atom. The smallest absolute Gasteiger partial charge is 0.243 e. The molecule has 4 heterocycles. The summed E-state index contributed by atoms with van der Waals surface area (Å²) in [5.74, 6) is -0.0151. The Morgan fingerprint density at radius 2 is 1.83 bits per heavy atom. The molecule has 0 saturated carbocycles. The van der Waals surface area contributed by atoms with Crippen molar-refractivity contribution in [2.45, 2.75) is 57.2 Å². The molecule has 1 N–H and O–H groups in total. The standard InChI is InChI=1S/C30H40N8O3/c1-35(2)26(8-9-28(39)37-14-4-5-15-37)30(41)38-20-23(16-21-10-12-31-13-11-21)18-27(38)29(40)32-19-22-6-7-25-24(17-22)33-34-36(25)3/h6-7,10-13,17,23,26-27H,4-5,8-9,14-16,18-20H2,1-3H3,(H,32,40). The molecule has 5 rings (SSSR count). The van der Waals surface area contributed by atoms with Gasteiger partial charge in [0.05, 0.1) is 11.6 Å². The van der Waals surface area contributed by atoms with Crippen LogP contribution >= 0.6 is 0 Å². The van der Waals surface area contributed by atoms with Gasteiger partial charge in [-0.3, -0.25) is 24.3 Å². The molecule has 0 bridgehead atoms. The Hall–Kier alpha value is -3.86. The first kappa shape index (κ1) is 28.7. The predicted octanol–water partition coefficient (Wildman–Crippen LogP) is 1.77. The molecule has 2 aromatic heterocycles. The van der Waals surface area contributed by atoms with Gasteiger partial charge in [-0.2, -0.15) is 0 Å². The highest BCUT2D eigenvalue weighted by molar-refractivity contribution is 5.91. The van der Waals surface area contributed by atoms with Gasteiger partial charge >= 0.3 is 0 Å². The van der Waals surface area contributed by atoms with Gasteiger partial charge in [0, 0.05) is 52.0 Å². The summed E-state index contributed by atoms with van der Waals surface area (Å²) in [5, 5.41) is 11.3. The number of aryl methyl sites for hydroxylation is 1. The average molecular weight is 561 g/mol. The van der Waals surface area contributed by atoms with E-state index in [2.05, 4.69) is 20.6 Å². The minimum atomic E-state index is -0.577. The lowest BCUT2D eigenvalue weighted by atomic mass is 9.97. The number of likely N-dealkylation sites (N-methyl/N-ethyl adjacent to an activating group) is 1. The quantitative estimate of drug-likeness (QED) is 0.402. The number of carbonyl (C=O) groups excluding carboxylic acids is 3. The first-order valence-electron chi connectivity index (χ1n) is 14.5. The summed E-state index contributed by atoms with van der Waals surface area (Å²) in [6.45, 7) is 2.43. The number of pyridine rings is 1. The maximum Gasteiger partial charge on any atom is 0.243 e. The number of aromatic nitrogens is 4. The van der Waals surface area contributed by atoms with Crippen LogP contribution in [0.4, 0.5) is 0 Å². The molecule has 0 aliphatic carbocycles. The molecular weight excluding hydrogens is 520 g/mol. The van der Waals surface area contributed by atoms with Crippen LogP contribution in [-0.4, -0.2) is 98.2 Å². The van der Waals surface area contributed by atoms with Crippen LogP contribution in [0.1, 0.15) is 43.2 Å². The fraction of sp³-hybridized carbons (Fsp3) is 0.533. The Balaban J connectivity index is 1.29. The number of nitrogens with one attached hydrogen (secondary N) is 1. The second-order valence-electron chi connectivity index (χ2n) is 11.5. The molecular formula is C30H40N8O3. The van der Waals surface area contributed by atoms with E-state index in [1.165, 1.54) is 0 Å². The van der Waals surface area contributed by atoms with Gasteiger partial charge in [0.25, 0.3) is 0 Å². The molecule has 3 atom stereocenters. The number of rotatable bonds is 10. The third-order valence-electron chi connectivity index (χ3n) is 8.39. The van der Waals surface area contributed by atoms with Crippen molar-refractivity contribution in [2.75, 3.05) is 33.7 Å². The normalized spacial score (nSPS) is 19.7. The highest BCUT2D eigenvalue weighted by Gasteiger charge is 2.42. The molecule has 1 aromatic carbocycles. The van der Waals surface area contributed by atoms with Gasteiger partial charge in [-0.1, -0.05) is 11.3 Å². The molecule has 11 heteroatoms. The van der Waals surface area contributed by atoms with Gasteiger partial charge in [-0.05, 0) is 87.5 Å². The molecule has 218 valence electrons. The molecule has 2 fully saturated rings. The van der Waals surface area contributed by atoms with Crippen molar-refractivity contribution in [1.82, 2.24) is 40.0 Å². The van der Waals surface area contributed by atoms with E-state index in [1.54, 1.807) is 22.0 Å². The Labute approximate surface area is 240 Å². The zero-order valence-corrected chi connectivity index (χ0v) is 24.2. The van der Waals surface area contributed by atoms with Crippen molar-refractivity contribution >= 4 is 28.8 Å². The van der Waals surface area contributed by atoms with Crippen LogP contribution in [-0.2, 0) is 34.4 Å². The molecule has 3 amide bonds. The van der Waals surface area contributed by atoms with E-state index in [-0.39, 0.29) is 23.6 Å². The Kier molecular flexibility index (Phi) is 8.92. The Morgan fingerprint density at radius 1 is 1.07 bits per heavy atom. The van der Waals surface area contributed by atoms with Crippen molar-refractivity contribution in [3.05, 3.63) is 53.9 Å². The predicted molar refractivity (Wildman–Crippen MR) is 154 cm³/mol. The molecule has 41 heavy (non-hydrogen) atoms. The number of fused-ring (bicyclic) bond motifs is 1. The van der Waals surface area contributed by atoms with Gasteiger partial charge in [0.2, 0.25) is 17.7 Å². The van der Waals surface area contributed by atoms with Crippen LogP contribution in [0.25, 0.3) is 11.0 Å². The van der Waals surface area contributed by atoms with Gasteiger partial charge in [-0.15, -0.1) is 5.10 Å². The minimum absolute atomic E-state index is 0.0948. The van der Waals surface area contributed by atoms with E-state index in [0.29, 0.717) is 32.4 Å². The number of carbonyl (C=O) groups is 3. The molecule has 0 spiro atoms. The first-order valence-corrected chi connectivity index (χ1v) is 14.5. The van der Waals surface area contributed by atoms with E-state index >= 15 is 0 Å². The highest BCUT2D eigenvalue weighted by Crippen LogP contribution is 2.29. The summed E-state index contributed by atoms with van der Waals surface area (Å²) in [4.78, 5) is 50.0. The summed E-state index contributed by atoms with van der Waals surface area (Å²) in [6, 6.07) is 8.73. The lowest BCUT2D eigenvalue weighted by Crippen LogP contribution is -2.52. The van der Waals surface area contributed by atoms with Gasteiger partial charge < -0.3 is 15.1 Å². The van der Waals surface area contributed by atoms with Crippen LogP contribution in [0, 0.1) is 5.92 Å². The molecule has 2 aliphatic rings. The minimum Gasteiger partial charge on any atom is -0.350 e. The highest BCUT2D eigenvalue weighted by atomic mass is 16.2. The van der Waals surface area contributed by atoms with E-state index in [4.69, 9.17) is 0 Å². The fourth-order valence-corrected chi connectivity index (χ4v) is 6.10. The van der Waals surface area contributed by atoms with E-state index in [9.17, 15) is 14.4 Å². The Bertz CT molecular complexity index is 1370. The maximum absolute atomic E-state index is 14.0. The summed E-state index contributed by atoms with van der Waals surface area (Å²) in [5.41, 5.74) is 3.74. The number of nitrogens with zero attached hydrogens (tertiary/aromatic N) is 7. The van der Waals surface area contributed by atoms with E-state index in [1.807, 2.05) is 61.3 Å². The molecule has 2 aliphatic heterocycles. The van der Waals surface area contributed by atoms with Crippen molar-refractivity contribution < 1.29 is 14.4 Å². The van der Waals surface area contributed by atoms with Gasteiger partial charge in [0.1, 0.15) is 11.6 Å². The van der Waals surface area contributed by atoms with Crippen molar-refractivity contribution in [3.63, 3.8) is 0 Å². The molecule has 0 radical (unpaired) electrons. The van der Waals surface area contributed by atoms with Crippen LogP contribution in [0.5, 0.6) is 0 Å². The van der Waals surface area contributed by atoms with Crippen LogP contribution < -0.4 is 5.32 Å². The molecule has 2 saturated heterocycles. The molecule has 11 nitrogen and oxygen atoms in total. The summed E-state index contributed by atoms with van der Waals surface area (Å²) >= 11 is 0. The largest absolute Gasteiger partial charge is 0.350 e. The SMILES string of the molecule is CN(C)C(CCC(=O)N1CCCC1)C(=O)N1CC(Cc2ccncc2)CC1C(=O)NCc1ccc2c(c1)nnn2C. The second kappa shape index (κ2) is 12.8. The number of amides is 3. The van der Waals surface area contributed by atoms with E-state index in [0.717, 1.165) is 54.5 Å². The monoisotopic (exact) mass is 560 g/mol. The van der Waals surface area contributed by atoms with Crippen LogP contribution in [0.15, 0.2) is 42.7 Å². The van der Waals surface area contributed by atoms with Crippen molar-refractivity contribution in [2.24, 2.45) is 13.0 Å². The number of hydrogen-bond donors (Lipinski definition) is 1. The third kappa shape index (κ3) is 6.73. The first-order chi connectivity index (χ1) is 19.8. The molecule has 3 unspecified atom stereocenters. The zero-order valence-electron chi connectivity index (χ0n) is 24.2. The van der Waals surface area contributed by atoms with Crippen molar-refractivity contribution in [3.8, 4) is 0 Å². The molecule has 3 aromatic rings. The average Bonchev–Trinajstić information content (AvgIpc) is 3.73. The lowest BCUT2D eigenvalue weighted by molar-refractivity contribution is -0.142. The van der Waals surface area contributed by atoms with Gasteiger partial charge in [-0.25, -0.2) is 4.68 Å². The summed E-state index contributed by atoms with van der Waals surface area (Å²) in [7, 11) is 5.57. The maximum atomic E-state index is 14.0. The number of hydrogen-bond acceptors (Lipinski definition) is 7. The third-order valence-corrected chi connectivity index (χ3v) is 8.39.